The van der Waals surface area contributed by atoms with Crippen molar-refractivity contribution in [2.45, 2.75) is 26.2 Å². The molecule has 5 rings (SSSR count). The van der Waals surface area contributed by atoms with Gasteiger partial charge < -0.3 is 10.1 Å². The van der Waals surface area contributed by atoms with Crippen molar-refractivity contribution in [3.63, 3.8) is 0 Å². The predicted octanol–water partition coefficient (Wildman–Crippen LogP) is 3.22. The number of amides is 3. The summed E-state index contributed by atoms with van der Waals surface area (Å²) in [4.78, 5) is 62.9. The van der Waals surface area contributed by atoms with E-state index >= 15 is 0 Å². The Morgan fingerprint density at radius 1 is 0.882 bits per heavy atom. The van der Waals surface area contributed by atoms with Gasteiger partial charge in [-0.05, 0) is 86.6 Å². The van der Waals surface area contributed by atoms with Gasteiger partial charge in [0.2, 0.25) is 11.8 Å². The number of anilines is 2. The Morgan fingerprint density at radius 3 is 2.00 bits per heavy atom. The number of esters is 1. The van der Waals surface area contributed by atoms with Crippen molar-refractivity contribution < 1.29 is 28.7 Å². The van der Waals surface area contributed by atoms with Gasteiger partial charge in [0.1, 0.15) is 0 Å². The highest BCUT2D eigenvalue weighted by atomic mass is 16.5. The topological polar surface area (TPSA) is 110 Å². The molecular formula is C26H24N2O6. The van der Waals surface area contributed by atoms with Crippen LogP contribution in [0.1, 0.15) is 46.9 Å². The van der Waals surface area contributed by atoms with Crippen molar-refractivity contribution in [2.24, 2.45) is 23.7 Å². The molecule has 0 aromatic heterocycles. The van der Waals surface area contributed by atoms with E-state index in [1.165, 1.54) is 24.0 Å². The van der Waals surface area contributed by atoms with Crippen LogP contribution in [-0.2, 0) is 19.1 Å². The third kappa shape index (κ3) is 3.79. The number of imide groups is 1. The van der Waals surface area contributed by atoms with Crippen LogP contribution in [0.5, 0.6) is 0 Å². The molecule has 2 aliphatic carbocycles. The van der Waals surface area contributed by atoms with Crippen LogP contribution in [0, 0.1) is 23.7 Å². The molecule has 1 N–H and O–H groups in total. The van der Waals surface area contributed by atoms with Crippen LogP contribution >= 0.6 is 0 Å². The van der Waals surface area contributed by atoms with Gasteiger partial charge in [0, 0.05) is 11.3 Å². The summed E-state index contributed by atoms with van der Waals surface area (Å²) in [6.45, 7) is 0.971. The first-order valence-electron chi connectivity index (χ1n) is 11.4. The number of fused-ring (bicyclic) bond motifs is 5. The molecule has 8 nitrogen and oxygen atoms in total. The first kappa shape index (κ1) is 22.0. The maximum Gasteiger partial charge on any atom is 0.338 e. The molecule has 4 atom stereocenters. The van der Waals surface area contributed by atoms with Gasteiger partial charge in [-0.1, -0.05) is 0 Å². The molecule has 8 heteroatoms. The highest BCUT2D eigenvalue weighted by molar-refractivity contribution is 6.22. The van der Waals surface area contributed by atoms with Crippen molar-refractivity contribution in [2.75, 3.05) is 16.8 Å². The van der Waals surface area contributed by atoms with Crippen molar-refractivity contribution >= 4 is 40.8 Å². The van der Waals surface area contributed by atoms with Crippen LogP contribution in [0.2, 0.25) is 0 Å². The van der Waals surface area contributed by atoms with Crippen LogP contribution in [0.15, 0.2) is 48.5 Å². The van der Waals surface area contributed by atoms with Gasteiger partial charge in [0.25, 0.3) is 5.91 Å². The zero-order valence-electron chi connectivity index (χ0n) is 18.7. The minimum absolute atomic E-state index is 0.0775. The van der Waals surface area contributed by atoms with Crippen molar-refractivity contribution in [3.8, 4) is 0 Å². The summed E-state index contributed by atoms with van der Waals surface area (Å²) >= 11 is 0. The standard InChI is InChI=1S/C26H24N2O6/c1-14(29)15-4-8-19(9-5-15)27-21(30)13-34-26(33)16-6-10-20(11-7-16)28-24(31)22-17-2-3-18(12-17)23(22)25(28)32/h4-11,17-18,22-23H,2-3,12-13H2,1H3,(H,27,30)/t17-,18-,22-,23-/m0/s1. The Kier molecular flexibility index (Phi) is 5.51. The van der Waals surface area contributed by atoms with E-state index in [1.807, 2.05) is 0 Å². The number of hydrogen-bond donors (Lipinski definition) is 1. The van der Waals surface area contributed by atoms with Gasteiger partial charge in [-0.25, -0.2) is 4.79 Å². The summed E-state index contributed by atoms with van der Waals surface area (Å²) in [5.41, 5.74) is 1.67. The zero-order chi connectivity index (χ0) is 24.0. The monoisotopic (exact) mass is 460 g/mol. The third-order valence-corrected chi connectivity index (χ3v) is 7.20. The lowest BCUT2D eigenvalue weighted by Crippen LogP contribution is -2.32. The van der Waals surface area contributed by atoms with E-state index < -0.39 is 18.5 Å². The van der Waals surface area contributed by atoms with Gasteiger partial charge >= 0.3 is 5.97 Å². The van der Waals surface area contributed by atoms with Crippen molar-refractivity contribution in [1.82, 2.24) is 0 Å². The summed E-state index contributed by atoms with van der Waals surface area (Å²) in [6, 6.07) is 12.5. The number of benzene rings is 2. The summed E-state index contributed by atoms with van der Waals surface area (Å²) in [5.74, 6) is -1.34. The molecule has 2 bridgehead atoms. The average molecular weight is 460 g/mol. The van der Waals surface area contributed by atoms with Crippen LogP contribution in [0.25, 0.3) is 0 Å². The minimum atomic E-state index is -0.692. The van der Waals surface area contributed by atoms with Crippen LogP contribution in [-0.4, -0.2) is 36.1 Å². The summed E-state index contributed by atoms with van der Waals surface area (Å²) in [7, 11) is 0. The first-order chi connectivity index (χ1) is 16.3. The van der Waals surface area contributed by atoms with Crippen molar-refractivity contribution in [1.29, 1.82) is 0 Å². The van der Waals surface area contributed by atoms with Gasteiger partial charge in [0.15, 0.2) is 12.4 Å². The Bertz CT molecular complexity index is 1160. The van der Waals surface area contributed by atoms with E-state index in [0.717, 1.165) is 19.3 Å². The highest BCUT2D eigenvalue weighted by Gasteiger charge is 2.61. The first-order valence-corrected chi connectivity index (χ1v) is 11.4. The summed E-state index contributed by atoms with van der Waals surface area (Å²) in [5, 5.41) is 2.59. The number of carbonyl (C=O) groups excluding carboxylic acids is 5. The molecule has 0 radical (unpaired) electrons. The average Bonchev–Trinajstić information content (AvgIpc) is 3.51. The minimum Gasteiger partial charge on any atom is -0.452 e. The van der Waals surface area contributed by atoms with E-state index in [4.69, 9.17) is 4.74 Å². The Morgan fingerprint density at radius 2 is 1.44 bits per heavy atom. The fourth-order valence-electron chi connectivity index (χ4n) is 5.61. The molecule has 2 aromatic rings. The number of hydrogen-bond acceptors (Lipinski definition) is 6. The molecular weight excluding hydrogens is 436 g/mol. The Hall–Kier alpha value is -3.81. The molecule has 1 aliphatic heterocycles. The maximum atomic E-state index is 12.9. The fraction of sp³-hybridized carbons (Fsp3) is 0.346. The number of ether oxygens (including phenoxy) is 1. The third-order valence-electron chi connectivity index (χ3n) is 7.20. The van der Waals surface area contributed by atoms with Gasteiger partial charge in [-0.15, -0.1) is 0 Å². The summed E-state index contributed by atoms with van der Waals surface area (Å²) in [6.07, 6.45) is 3.00. The number of ketones is 1. The Labute approximate surface area is 196 Å². The predicted molar refractivity (Wildman–Crippen MR) is 122 cm³/mol. The molecule has 1 heterocycles. The molecule has 0 spiro atoms. The highest BCUT2D eigenvalue weighted by Crippen LogP contribution is 2.56. The quantitative estimate of drug-likeness (QED) is 0.403. The molecule has 3 amide bonds. The zero-order valence-corrected chi connectivity index (χ0v) is 18.7. The molecule has 34 heavy (non-hydrogen) atoms. The molecule has 0 unspecified atom stereocenters. The number of nitrogens with zero attached hydrogens (tertiary/aromatic N) is 1. The normalized spacial score (nSPS) is 24.8. The van der Waals surface area contributed by atoms with E-state index in [-0.39, 0.29) is 35.0 Å². The van der Waals surface area contributed by atoms with Gasteiger partial charge in [-0.3, -0.25) is 24.1 Å². The molecule has 2 aromatic carbocycles. The maximum absolute atomic E-state index is 12.9. The van der Waals surface area contributed by atoms with Crippen LogP contribution in [0.4, 0.5) is 11.4 Å². The largest absolute Gasteiger partial charge is 0.452 e. The van der Waals surface area contributed by atoms with E-state index in [1.54, 1.807) is 36.4 Å². The lowest BCUT2D eigenvalue weighted by molar-refractivity contribution is -0.123. The second-order valence-corrected chi connectivity index (χ2v) is 9.20. The lowest BCUT2D eigenvalue weighted by atomic mass is 9.81. The fourth-order valence-corrected chi connectivity index (χ4v) is 5.61. The SMILES string of the molecule is CC(=O)c1ccc(NC(=O)COC(=O)c2ccc(N3C(=O)[C@H]4[C@H]5CC[C@@H](C5)[C@@H]4C3=O)cc2)cc1. The molecule has 3 aliphatic rings. The Balaban J connectivity index is 1.17. The van der Waals surface area contributed by atoms with Gasteiger partial charge in [0.05, 0.1) is 23.1 Å². The smallest absolute Gasteiger partial charge is 0.338 e. The summed E-state index contributed by atoms with van der Waals surface area (Å²) < 4.78 is 5.08. The lowest BCUT2D eigenvalue weighted by Gasteiger charge is -2.19. The molecule has 1 saturated heterocycles. The second-order valence-electron chi connectivity index (χ2n) is 9.20. The van der Waals surface area contributed by atoms with E-state index in [9.17, 15) is 24.0 Å². The van der Waals surface area contributed by atoms with Gasteiger partial charge in [-0.2, -0.15) is 0 Å². The molecule has 3 fully saturated rings. The number of Topliss-reactive ketones (excluding diaryl/α,β-unsaturated/α-hetero) is 1. The molecule has 174 valence electrons. The van der Waals surface area contributed by atoms with Crippen LogP contribution in [0.3, 0.4) is 0 Å². The van der Waals surface area contributed by atoms with E-state index in [2.05, 4.69) is 5.32 Å². The van der Waals surface area contributed by atoms with Crippen LogP contribution < -0.4 is 10.2 Å². The molecule has 2 saturated carbocycles. The number of carbonyl (C=O) groups is 5. The second kappa shape index (κ2) is 8.52. The van der Waals surface area contributed by atoms with E-state index in [0.29, 0.717) is 28.8 Å². The number of nitrogens with one attached hydrogen (secondary N) is 1. The van der Waals surface area contributed by atoms with Crippen molar-refractivity contribution in [3.05, 3.63) is 59.7 Å². The number of rotatable bonds is 6.